The molecule has 5 amide bonds. The number of ether oxygens (including phenoxy) is 1. The van der Waals surface area contributed by atoms with E-state index in [4.69, 9.17) is 4.74 Å². The number of rotatable bonds is 13. The van der Waals surface area contributed by atoms with Crippen LogP contribution < -0.4 is 26.6 Å². The lowest BCUT2D eigenvalue weighted by atomic mass is 10.0. The Kier molecular flexibility index (Phi) is 13.8. The van der Waals surface area contributed by atoms with Gasteiger partial charge in [-0.2, -0.15) is 0 Å². The number of carbonyl (C=O) groups excluding carboxylic acids is 5. The van der Waals surface area contributed by atoms with Crippen molar-refractivity contribution >= 4 is 58.0 Å². The first-order chi connectivity index (χ1) is 16.9. The van der Waals surface area contributed by atoms with Crippen LogP contribution in [0, 0.1) is 11.8 Å². The average molecular weight is 617 g/mol. The van der Waals surface area contributed by atoms with Crippen molar-refractivity contribution in [3.63, 3.8) is 0 Å². The van der Waals surface area contributed by atoms with Crippen molar-refractivity contribution in [2.45, 2.75) is 46.7 Å². The van der Waals surface area contributed by atoms with Crippen molar-refractivity contribution in [3.8, 4) is 0 Å². The van der Waals surface area contributed by atoms with Crippen molar-refractivity contribution in [1.29, 1.82) is 0 Å². The third-order valence-electron chi connectivity index (χ3n) is 4.78. The molecule has 0 aliphatic carbocycles. The first kappa shape index (κ1) is 31.1. The quantitative estimate of drug-likeness (QED) is 0.129. The van der Waals surface area contributed by atoms with Crippen LogP contribution in [-0.2, 0) is 19.1 Å². The summed E-state index contributed by atoms with van der Waals surface area (Å²) in [4.78, 5) is 60.8. The lowest BCUT2D eigenvalue weighted by Crippen LogP contribution is -2.54. The highest BCUT2D eigenvalue weighted by Crippen LogP contribution is 2.11. The number of carbonyl (C=O) groups is 5. The summed E-state index contributed by atoms with van der Waals surface area (Å²) in [6, 6.07) is 4.59. The van der Waals surface area contributed by atoms with Crippen LogP contribution >= 0.6 is 22.6 Å². The minimum absolute atomic E-state index is 0.150. The highest BCUT2D eigenvalue weighted by molar-refractivity contribution is 14.1. The van der Waals surface area contributed by atoms with Gasteiger partial charge >= 0.3 is 6.09 Å². The van der Waals surface area contributed by atoms with Gasteiger partial charge in [-0.3, -0.25) is 19.2 Å². The zero-order valence-electron chi connectivity index (χ0n) is 21.3. The molecular formula is C24H36IN5O6. The molecule has 5 N–H and O–H groups in total. The Balaban J connectivity index is 2.56. The summed E-state index contributed by atoms with van der Waals surface area (Å²) >= 11 is 1.95. The highest BCUT2D eigenvalue weighted by atomic mass is 127. The van der Waals surface area contributed by atoms with E-state index in [0.717, 1.165) is 0 Å². The molecule has 0 fully saturated rings. The molecule has 0 saturated carbocycles. The first-order valence-electron chi connectivity index (χ1n) is 11.7. The van der Waals surface area contributed by atoms with Gasteiger partial charge in [0.05, 0.1) is 11.0 Å². The molecule has 1 aromatic carbocycles. The zero-order valence-corrected chi connectivity index (χ0v) is 23.4. The number of alkyl carbamates (subject to hydrolysis) is 1. The molecule has 200 valence electrons. The van der Waals surface area contributed by atoms with E-state index in [1.54, 1.807) is 38.1 Å². The van der Waals surface area contributed by atoms with E-state index < -0.39 is 35.9 Å². The number of nitrogens with one attached hydrogen (secondary N) is 5. The van der Waals surface area contributed by atoms with E-state index >= 15 is 0 Å². The topological polar surface area (TPSA) is 155 Å². The Bertz CT molecular complexity index is 907. The highest BCUT2D eigenvalue weighted by Gasteiger charge is 2.27. The Morgan fingerprint density at radius 2 is 1.47 bits per heavy atom. The second-order valence-corrected chi connectivity index (χ2v) is 9.66. The predicted molar refractivity (Wildman–Crippen MR) is 145 cm³/mol. The molecular weight excluding hydrogens is 581 g/mol. The fraction of sp³-hybridized carbons (Fsp3) is 0.542. The van der Waals surface area contributed by atoms with Crippen LogP contribution in [0.1, 0.15) is 45.0 Å². The maximum atomic E-state index is 12.8. The van der Waals surface area contributed by atoms with Gasteiger partial charge in [0.1, 0.15) is 12.1 Å². The molecule has 1 unspecified atom stereocenters. The van der Waals surface area contributed by atoms with Crippen molar-refractivity contribution < 1.29 is 28.7 Å². The Morgan fingerprint density at radius 3 is 2.03 bits per heavy atom. The van der Waals surface area contributed by atoms with Crippen molar-refractivity contribution in [1.82, 2.24) is 21.3 Å². The molecule has 0 aliphatic heterocycles. The smallest absolute Gasteiger partial charge is 0.407 e. The van der Waals surface area contributed by atoms with Gasteiger partial charge in [0.15, 0.2) is 0 Å². The molecule has 1 rings (SSSR count). The van der Waals surface area contributed by atoms with Gasteiger partial charge in [-0.15, -0.1) is 0 Å². The minimum Gasteiger partial charge on any atom is -0.449 e. The molecule has 12 heteroatoms. The van der Waals surface area contributed by atoms with Crippen LogP contribution in [0.4, 0.5) is 10.5 Å². The number of hydrogen-bond acceptors (Lipinski definition) is 6. The van der Waals surface area contributed by atoms with Crippen LogP contribution in [0.5, 0.6) is 0 Å². The van der Waals surface area contributed by atoms with Crippen LogP contribution in [0.25, 0.3) is 0 Å². The van der Waals surface area contributed by atoms with Crippen molar-refractivity contribution in [2.24, 2.45) is 11.8 Å². The lowest BCUT2D eigenvalue weighted by Gasteiger charge is -2.24. The molecule has 0 saturated heterocycles. The van der Waals surface area contributed by atoms with Gasteiger partial charge in [-0.25, -0.2) is 4.79 Å². The monoisotopic (exact) mass is 617 g/mol. The van der Waals surface area contributed by atoms with Gasteiger partial charge in [0.25, 0.3) is 5.91 Å². The fourth-order valence-electron chi connectivity index (χ4n) is 2.82. The van der Waals surface area contributed by atoms with Gasteiger partial charge in [0.2, 0.25) is 17.7 Å². The molecule has 36 heavy (non-hydrogen) atoms. The van der Waals surface area contributed by atoms with Crippen LogP contribution in [0.15, 0.2) is 24.3 Å². The Hall–Kier alpha value is -2.90. The minimum atomic E-state index is -0.872. The summed E-state index contributed by atoms with van der Waals surface area (Å²) in [6.45, 7) is 9.57. The van der Waals surface area contributed by atoms with Crippen LogP contribution in [0.2, 0.25) is 0 Å². The molecule has 11 nitrogen and oxygen atoms in total. The summed E-state index contributed by atoms with van der Waals surface area (Å²) in [5.41, 5.74) is 0.889. The molecule has 0 aliphatic rings. The third-order valence-corrected chi connectivity index (χ3v) is 5.47. The number of anilines is 1. The number of amides is 5. The van der Waals surface area contributed by atoms with E-state index in [1.165, 1.54) is 6.92 Å². The van der Waals surface area contributed by atoms with Crippen LogP contribution in [0.3, 0.4) is 0 Å². The maximum absolute atomic E-state index is 12.8. The number of alkyl halides is 1. The normalized spacial score (nSPS) is 12.3. The molecule has 2 atom stereocenters. The maximum Gasteiger partial charge on any atom is 0.407 e. The number of benzene rings is 1. The summed E-state index contributed by atoms with van der Waals surface area (Å²) < 4.78 is 5.29. The van der Waals surface area contributed by atoms with E-state index in [0.29, 0.717) is 22.3 Å². The summed E-state index contributed by atoms with van der Waals surface area (Å²) in [6.07, 6.45) is -0.560. The molecule has 0 spiro atoms. The van der Waals surface area contributed by atoms with E-state index in [-0.39, 0.29) is 30.8 Å². The molecule has 0 heterocycles. The third kappa shape index (κ3) is 11.7. The number of halogens is 1. The predicted octanol–water partition coefficient (Wildman–Crippen LogP) is 1.82. The van der Waals surface area contributed by atoms with Gasteiger partial charge in [-0.05, 0) is 43.0 Å². The largest absolute Gasteiger partial charge is 0.449 e. The standard InChI is InChI=1S/C24H36IN5O6/c1-14(2)13-36-24(35)27-11-10-26-21(32)16(5)28-23(34)20(15(3)4)30-22(33)17-6-8-18(9-7-17)29-19(31)12-25/h6-9,14-16,20H,10-13H2,1-5H3,(H,26,32)(H,27,35)(H,28,34)(H,29,31)(H,30,33)/t16-,20?/m0/s1. The van der Waals surface area contributed by atoms with Gasteiger partial charge < -0.3 is 31.3 Å². The molecule has 1 aromatic rings. The molecule has 0 radical (unpaired) electrons. The van der Waals surface area contributed by atoms with E-state index in [1.807, 2.05) is 36.4 Å². The first-order valence-corrected chi connectivity index (χ1v) is 13.2. The van der Waals surface area contributed by atoms with E-state index in [2.05, 4.69) is 26.6 Å². The summed E-state index contributed by atoms with van der Waals surface area (Å²) in [5.74, 6) is -1.56. The lowest BCUT2D eigenvalue weighted by molar-refractivity contribution is -0.130. The summed E-state index contributed by atoms with van der Waals surface area (Å²) in [7, 11) is 0. The second kappa shape index (κ2) is 16.0. The molecule has 0 aromatic heterocycles. The molecule has 0 bridgehead atoms. The van der Waals surface area contributed by atoms with Crippen molar-refractivity contribution in [3.05, 3.63) is 29.8 Å². The van der Waals surface area contributed by atoms with Gasteiger partial charge in [0, 0.05) is 24.3 Å². The average Bonchev–Trinajstić information content (AvgIpc) is 2.83. The van der Waals surface area contributed by atoms with Crippen molar-refractivity contribution in [2.75, 3.05) is 29.4 Å². The Labute approximate surface area is 225 Å². The van der Waals surface area contributed by atoms with Crippen LogP contribution in [-0.4, -0.2) is 65.9 Å². The summed E-state index contributed by atoms with van der Waals surface area (Å²) in [5, 5.41) is 13.2. The Morgan fingerprint density at radius 1 is 0.861 bits per heavy atom. The van der Waals surface area contributed by atoms with Gasteiger partial charge in [-0.1, -0.05) is 50.3 Å². The van der Waals surface area contributed by atoms with E-state index in [9.17, 15) is 24.0 Å². The fourth-order valence-corrected chi connectivity index (χ4v) is 3.02. The number of hydrogen-bond donors (Lipinski definition) is 5. The SMILES string of the molecule is CC(C)COC(=O)NCCNC(=O)[C@H](C)NC(=O)C(NC(=O)c1ccc(NC(=O)CI)cc1)C(C)C. The zero-order chi connectivity index (χ0) is 27.3. The second-order valence-electron chi connectivity index (χ2n) is 8.89.